The molecule has 7 rings (SSSR count). The van der Waals surface area contributed by atoms with Crippen molar-refractivity contribution in [2.24, 2.45) is 5.73 Å². The molecule has 13 nitrogen and oxygen atoms in total. The molecule has 0 saturated carbocycles. The van der Waals surface area contributed by atoms with Crippen molar-refractivity contribution in [1.82, 2.24) is 15.3 Å². The van der Waals surface area contributed by atoms with Gasteiger partial charge in [-0.2, -0.15) is 0 Å². The number of ether oxygens (including phenoxy) is 1. The Labute approximate surface area is 346 Å². The molecule has 0 spiro atoms. The zero-order chi connectivity index (χ0) is 42.6. The number of amides is 2. The Balaban J connectivity index is 1.01. The minimum Gasteiger partial charge on any atom is -0.506 e. The first-order valence-corrected chi connectivity index (χ1v) is 20.8. The second kappa shape index (κ2) is 17.4. The number of sulfone groups is 1. The van der Waals surface area contributed by atoms with Gasteiger partial charge in [0.1, 0.15) is 11.5 Å². The molecule has 0 bridgehead atoms. The summed E-state index contributed by atoms with van der Waals surface area (Å²) in [6.07, 6.45) is 3.80. The number of phenolic OH excluding ortho intramolecular Hbond substituents is 1. The number of nitrogens with one attached hydrogen (secondary N) is 4. The number of hydrogen-bond donors (Lipinski definition) is 6. The fraction of sp³-hybridized carbons (Fsp3) is 0.174. The Morgan fingerprint density at radius 1 is 0.850 bits per heavy atom. The molecule has 0 unspecified atom stereocenters. The number of aromatic nitrogens is 2. The van der Waals surface area contributed by atoms with E-state index in [4.69, 9.17) is 10.5 Å². The molecule has 0 atom stereocenters. The molecule has 306 valence electrons. The van der Waals surface area contributed by atoms with Gasteiger partial charge in [-0.15, -0.1) is 0 Å². The summed E-state index contributed by atoms with van der Waals surface area (Å²) >= 11 is 0. The Kier molecular flexibility index (Phi) is 12.0. The van der Waals surface area contributed by atoms with Crippen LogP contribution in [-0.4, -0.2) is 55.5 Å². The number of primary amides is 1. The molecule has 0 aliphatic rings. The smallest absolute Gasteiger partial charge is 0.255 e. The fourth-order valence-corrected chi connectivity index (χ4v) is 8.62. The number of nitrogens with two attached hydrogens (primary N) is 1. The molecule has 0 aliphatic carbocycles. The zero-order valence-corrected chi connectivity index (χ0v) is 34.1. The van der Waals surface area contributed by atoms with Crippen LogP contribution in [0.2, 0.25) is 0 Å². The monoisotopic (exact) mass is 824 g/mol. The van der Waals surface area contributed by atoms with E-state index in [1.54, 1.807) is 49.4 Å². The van der Waals surface area contributed by atoms with Gasteiger partial charge < -0.3 is 36.5 Å². The van der Waals surface area contributed by atoms with Gasteiger partial charge in [-0.1, -0.05) is 30.3 Å². The summed E-state index contributed by atoms with van der Waals surface area (Å²) in [6, 6.07) is 28.4. The molecule has 2 aromatic heterocycles. The number of benzene rings is 5. The number of aromatic amines is 1. The van der Waals surface area contributed by atoms with E-state index in [9.17, 15) is 27.9 Å². The van der Waals surface area contributed by atoms with Gasteiger partial charge in [0.05, 0.1) is 39.2 Å². The first kappa shape index (κ1) is 41.1. The van der Waals surface area contributed by atoms with Crippen LogP contribution < -0.4 is 32.0 Å². The SMILES string of the molecule is COc1cccc(Nc2c(C(N)=O)cnc3c(C)cc(S(=O)(=O)c4cccc(C(=O)Nc5ccc(CCCNCCc6ccc(O)c7[nH]c(=O)ccc67)cc5C)c4)cc23)c1. The highest BCUT2D eigenvalue weighted by molar-refractivity contribution is 7.91. The maximum Gasteiger partial charge on any atom is 0.255 e. The third-order valence-electron chi connectivity index (χ3n) is 10.3. The minimum absolute atomic E-state index is 0.0462. The average molecular weight is 825 g/mol. The van der Waals surface area contributed by atoms with Crippen LogP contribution in [0.1, 0.15) is 49.4 Å². The van der Waals surface area contributed by atoms with Crippen molar-refractivity contribution in [2.45, 2.75) is 42.9 Å². The van der Waals surface area contributed by atoms with Crippen molar-refractivity contribution in [3.8, 4) is 11.5 Å². The maximum atomic E-state index is 14.2. The number of methoxy groups -OCH3 is 1. The number of aromatic hydroxyl groups is 1. The van der Waals surface area contributed by atoms with E-state index >= 15 is 0 Å². The van der Waals surface area contributed by atoms with E-state index in [2.05, 4.69) is 25.9 Å². The molecule has 7 aromatic rings. The van der Waals surface area contributed by atoms with Crippen LogP contribution in [0, 0.1) is 13.8 Å². The van der Waals surface area contributed by atoms with Crippen LogP contribution >= 0.6 is 0 Å². The maximum absolute atomic E-state index is 14.2. The molecule has 60 heavy (non-hydrogen) atoms. The molecule has 14 heteroatoms. The van der Waals surface area contributed by atoms with E-state index in [0.29, 0.717) is 44.8 Å². The summed E-state index contributed by atoms with van der Waals surface area (Å²) in [7, 11) is -2.63. The molecule has 0 aliphatic heterocycles. The summed E-state index contributed by atoms with van der Waals surface area (Å²) in [5, 5.41) is 20.9. The molecule has 5 aromatic carbocycles. The van der Waals surface area contributed by atoms with Crippen LogP contribution in [0.25, 0.3) is 21.8 Å². The average Bonchev–Trinajstić information content (AvgIpc) is 3.24. The van der Waals surface area contributed by atoms with Gasteiger partial charge in [0.15, 0.2) is 0 Å². The molecular formula is C46H44N6O7S. The number of carbonyl (C=O) groups is 2. The molecule has 0 fully saturated rings. The van der Waals surface area contributed by atoms with E-state index in [-0.39, 0.29) is 32.2 Å². The van der Waals surface area contributed by atoms with E-state index in [1.807, 2.05) is 31.2 Å². The van der Waals surface area contributed by atoms with Gasteiger partial charge >= 0.3 is 0 Å². The van der Waals surface area contributed by atoms with Gasteiger partial charge in [-0.25, -0.2) is 8.42 Å². The number of aryl methyl sites for hydroxylation is 3. The molecule has 0 saturated heterocycles. The summed E-state index contributed by atoms with van der Waals surface area (Å²) in [4.78, 5) is 44.8. The number of fused-ring (bicyclic) bond motifs is 2. The van der Waals surface area contributed by atoms with E-state index in [0.717, 1.165) is 54.4 Å². The highest BCUT2D eigenvalue weighted by Gasteiger charge is 2.24. The normalized spacial score (nSPS) is 11.4. The van der Waals surface area contributed by atoms with Crippen molar-refractivity contribution in [3.05, 3.63) is 153 Å². The second-order valence-corrected chi connectivity index (χ2v) is 16.4. The largest absolute Gasteiger partial charge is 0.506 e. The molecule has 7 N–H and O–H groups in total. The number of pyridine rings is 2. The van der Waals surface area contributed by atoms with E-state index in [1.165, 1.54) is 49.7 Å². The Morgan fingerprint density at radius 2 is 1.67 bits per heavy atom. The summed E-state index contributed by atoms with van der Waals surface area (Å²) < 4.78 is 33.7. The molecule has 0 radical (unpaired) electrons. The summed E-state index contributed by atoms with van der Waals surface area (Å²) in [5.74, 6) is -0.585. The van der Waals surface area contributed by atoms with Crippen LogP contribution in [0.4, 0.5) is 17.1 Å². The topological polar surface area (TPSA) is 206 Å². The van der Waals surface area contributed by atoms with Crippen LogP contribution in [-0.2, 0) is 22.7 Å². The fourth-order valence-electron chi connectivity index (χ4n) is 7.21. The van der Waals surface area contributed by atoms with Gasteiger partial charge in [0, 0.05) is 46.0 Å². The number of hydrogen-bond acceptors (Lipinski definition) is 10. The predicted molar refractivity (Wildman–Crippen MR) is 233 cm³/mol. The molecular weight excluding hydrogens is 781 g/mol. The summed E-state index contributed by atoms with van der Waals surface area (Å²) in [6.45, 7) is 5.16. The molecule has 2 amide bonds. The Hall–Kier alpha value is -7.03. The quantitative estimate of drug-likeness (QED) is 0.0579. The third kappa shape index (κ3) is 8.84. The second-order valence-electron chi connectivity index (χ2n) is 14.5. The lowest BCUT2D eigenvalue weighted by Gasteiger charge is -2.16. The number of H-pyrrole nitrogens is 1. The third-order valence-corrected chi connectivity index (χ3v) is 12.1. The highest BCUT2D eigenvalue weighted by atomic mass is 32.2. The first-order chi connectivity index (χ1) is 28.8. The van der Waals surface area contributed by atoms with Gasteiger partial charge in [-0.05, 0) is 129 Å². The standard InChI is InChI=1S/C46H44N6O7S/c1-27-21-29(7-6-19-48-20-18-30-13-16-40(53)44-36(30)14-17-41(54)52-44)12-15-39(27)51-46(56)31-8-4-11-34(23-31)60(57,58)35-22-28(2)42-37(25-35)43(38(26-49-42)45(47)55)50-32-9-5-10-33(24-32)59-3/h4-5,8-17,21-26,48,53H,6-7,18-20H2,1-3H3,(H2,47,55)(H,49,50)(H,51,56)(H,52,54). The minimum atomic E-state index is -4.17. The van der Waals surface area contributed by atoms with Gasteiger partial charge in [0.2, 0.25) is 15.4 Å². The Bertz CT molecular complexity index is 2970. The Morgan fingerprint density at radius 3 is 2.45 bits per heavy atom. The number of carbonyl (C=O) groups excluding carboxylic acids is 2. The van der Waals surface area contributed by atoms with Crippen molar-refractivity contribution >= 4 is 60.5 Å². The van der Waals surface area contributed by atoms with Crippen molar-refractivity contribution in [1.29, 1.82) is 0 Å². The van der Waals surface area contributed by atoms with E-state index < -0.39 is 21.7 Å². The summed E-state index contributed by atoms with van der Waals surface area (Å²) in [5.41, 5.74) is 11.7. The molecule has 2 heterocycles. The van der Waals surface area contributed by atoms with Crippen molar-refractivity contribution in [3.63, 3.8) is 0 Å². The van der Waals surface area contributed by atoms with Crippen molar-refractivity contribution in [2.75, 3.05) is 30.8 Å². The van der Waals surface area contributed by atoms with Gasteiger partial charge in [0.25, 0.3) is 11.8 Å². The van der Waals surface area contributed by atoms with Crippen LogP contribution in [0.5, 0.6) is 11.5 Å². The van der Waals surface area contributed by atoms with Gasteiger partial charge in [-0.3, -0.25) is 19.4 Å². The van der Waals surface area contributed by atoms with Crippen molar-refractivity contribution < 1.29 is 27.9 Å². The number of anilines is 3. The highest BCUT2D eigenvalue weighted by Crippen LogP contribution is 2.35. The van der Waals surface area contributed by atoms with Crippen LogP contribution in [0.3, 0.4) is 0 Å². The lowest BCUT2D eigenvalue weighted by molar-refractivity contribution is 0.0998. The lowest BCUT2D eigenvalue weighted by atomic mass is 10.0. The first-order valence-electron chi connectivity index (χ1n) is 19.3. The zero-order valence-electron chi connectivity index (χ0n) is 33.3. The number of rotatable bonds is 15. The number of nitrogens with zero attached hydrogens (tertiary/aromatic N) is 1. The lowest BCUT2D eigenvalue weighted by Crippen LogP contribution is -2.19. The predicted octanol–water partition coefficient (Wildman–Crippen LogP) is 7.10. The van der Waals surface area contributed by atoms with Crippen LogP contribution in [0.15, 0.2) is 124 Å². The number of phenols is 1.